The molecule has 0 spiro atoms. The number of amides is 1. The summed E-state index contributed by atoms with van der Waals surface area (Å²) in [7, 11) is 0. The maximum atomic E-state index is 13.4. The molecule has 1 aromatic heterocycles. The van der Waals surface area contributed by atoms with Crippen LogP contribution < -0.4 is 10.2 Å². The minimum absolute atomic E-state index is 0.0540. The van der Waals surface area contributed by atoms with E-state index in [9.17, 15) is 23.1 Å². The van der Waals surface area contributed by atoms with Crippen molar-refractivity contribution in [1.29, 1.82) is 0 Å². The number of aliphatic hydroxyl groups excluding tert-OH is 1. The first-order chi connectivity index (χ1) is 13.3. The molecule has 2 fully saturated rings. The van der Waals surface area contributed by atoms with Gasteiger partial charge in [0.1, 0.15) is 6.10 Å². The van der Waals surface area contributed by atoms with E-state index in [1.165, 1.54) is 12.3 Å². The summed E-state index contributed by atoms with van der Waals surface area (Å²) in [4.78, 5) is 18.1. The normalized spacial score (nSPS) is 21.2. The van der Waals surface area contributed by atoms with Gasteiger partial charge in [0.25, 0.3) is 0 Å². The first-order valence-corrected chi connectivity index (χ1v) is 9.44. The van der Waals surface area contributed by atoms with Crippen molar-refractivity contribution in [2.24, 2.45) is 5.92 Å². The van der Waals surface area contributed by atoms with Gasteiger partial charge >= 0.3 is 6.18 Å². The van der Waals surface area contributed by atoms with E-state index < -0.39 is 17.8 Å². The molecule has 0 radical (unpaired) electrons. The fourth-order valence-corrected chi connectivity index (χ4v) is 3.91. The number of pyridine rings is 1. The average Bonchev–Trinajstić information content (AvgIpc) is 3.39. The van der Waals surface area contributed by atoms with Crippen LogP contribution in [0.5, 0.6) is 0 Å². The van der Waals surface area contributed by atoms with E-state index in [1.54, 1.807) is 13.0 Å². The predicted octanol–water partition coefficient (Wildman–Crippen LogP) is 3.03. The Morgan fingerprint density at radius 3 is 2.71 bits per heavy atom. The number of halogens is 3. The first kappa shape index (κ1) is 19.0. The third-order valence-electron chi connectivity index (χ3n) is 5.60. The molecule has 1 unspecified atom stereocenters. The molecule has 1 saturated carbocycles. The standard InChI is InChI=1S/C20H22F3N3O2/c1-11-6-8-24-17-14(20(21,22)23)4-5-15(16(11)17)26-9-7-13(10-26)25-19(28)18(27)12-2-3-12/h4-6,8,12-13,18,27H,2-3,7,9-10H2,1H3,(H,25,28)/t13?,18-/m1/s1. The summed E-state index contributed by atoms with van der Waals surface area (Å²) in [6, 6.07) is 4.12. The van der Waals surface area contributed by atoms with Crippen molar-refractivity contribution in [2.45, 2.75) is 44.5 Å². The summed E-state index contributed by atoms with van der Waals surface area (Å²) in [5.74, 6) is -0.297. The summed E-state index contributed by atoms with van der Waals surface area (Å²) in [6.45, 7) is 2.87. The van der Waals surface area contributed by atoms with Gasteiger partial charge in [-0.05, 0) is 55.9 Å². The van der Waals surface area contributed by atoms with Gasteiger partial charge in [0, 0.05) is 36.4 Å². The molecule has 2 atom stereocenters. The molecule has 2 aromatic rings. The Morgan fingerprint density at radius 1 is 1.29 bits per heavy atom. The van der Waals surface area contributed by atoms with Crippen LogP contribution in [0.25, 0.3) is 10.9 Å². The highest BCUT2D eigenvalue weighted by atomic mass is 19.4. The summed E-state index contributed by atoms with van der Waals surface area (Å²) < 4.78 is 40.2. The van der Waals surface area contributed by atoms with E-state index in [0.717, 1.165) is 24.5 Å². The third kappa shape index (κ3) is 3.53. The highest BCUT2D eigenvalue weighted by molar-refractivity contribution is 5.97. The maximum Gasteiger partial charge on any atom is 0.418 e. The zero-order valence-electron chi connectivity index (χ0n) is 15.5. The van der Waals surface area contributed by atoms with Crippen LogP contribution >= 0.6 is 0 Å². The SMILES string of the molecule is Cc1ccnc2c(C(F)(F)F)ccc(N3CCC(NC(=O)[C@H](O)C4CC4)C3)c12. The minimum Gasteiger partial charge on any atom is -0.383 e. The van der Waals surface area contributed by atoms with Crippen LogP contribution in [0.1, 0.15) is 30.4 Å². The zero-order chi connectivity index (χ0) is 20.1. The smallest absolute Gasteiger partial charge is 0.383 e. The first-order valence-electron chi connectivity index (χ1n) is 9.44. The Bertz CT molecular complexity index is 911. The largest absolute Gasteiger partial charge is 0.418 e. The fourth-order valence-electron chi connectivity index (χ4n) is 3.91. The number of hydrogen-bond acceptors (Lipinski definition) is 4. The number of rotatable bonds is 4. The number of alkyl halides is 3. The highest BCUT2D eigenvalue weighted by Crippen LogP contribution is 2.39. The molecule has 8 heteroatoms. The van der Waals surface area contributed by atoms with Crippen LogP contribution in [0.2, 0.25) is 0 Å². The van der Waals surface area contributed by atoms with E-state index in [1.807, 2.05) is 4.90 Å². The summed E-state index contributed by atoms with van der Waals surface area (Å²) in [6.07, 6.45) is -1.64. The molecule has 0 bridgehead atoms. The number of hydrogen-bond donors (Lipinski definition) is 2. The number of benzene rings is 1. The van der Waals surface area contributed by atoms with Gasteiger partial charge in [0.05, 0.1) is 11.1 Å². The number of aromatic nitrogens is 1. The van der Waals surface area contributed by atoms with Crippen molar-refractivity contribution in [1.82, 2.24) is 10.3 Å². The lowest BCUT2D eigenvalue weighted by atomic mass is 10.0. The molecule has 1 aliphatic heterocycles. The van der Waals surface area contributed by atoms with Gasteiger partial charge < -0.3 is 15.3 Å². The second kappa shape index (κ2) is 6.92. The molecule has 1 saturated heterocycles. The number of nitrogens with zero attached hydrogens (tertiary/aromatic N) is 2. The minimum atomic E-state index is -4.47. The molecule has 2 aliphatic rings. The lowest BCUT2D eigenvalue weighted by Crippen LogP contribution is -2.43. The van der Waals surface area contributed by atoms with Crippen LogP contribution in [-0.2, 0) is 11.0 Å². The number of anilines is 1. The van der Waals surface area contributed by atoms with Crippen LogP contribution in [0.15, 0.2) is 24.4 Å². The number of carbonyl (C=O) groups is 1. The molecule has 4 rings (SSSR count). The van der Waals surface area contributed by atoms with Gasteiger partial charge in [-0.25, -0.2) is 0 Å². The van der Waals surface area contributed by atoms with Crippen molar-refractivity contribution in [3.05, 3.63) is 35.5 Å². The van der Waals surface area contributed by atoms with Crippen LogP contribution in [0.4, 0.5) is 18.9 Å². The fraction of sp³-hybridized carbons (Fsp3) is 0.500. The number of aliphatic hydroxyl groups is 1. The lowest BCUT2D eigenvalue weighted by Gasteiger charge is -2.23. The molecule has 5 nitrogen and oxygen atoms in total. The Balaban J connectivity index is 1.59. The van der Waals surface area contributed by atoms with Crippen molar-refractivity contribution in [3.63, 3.8) is 0 Å². The predicted molar refractivity (Wildman–Crippen MR) is 99.0 cm³/mol. The third-order valence-corrected chi connectivity index (χ3v) is 5.60. The van der Waals surface area contributed by atoms with Gasteiger partial charge in [-0.1, -0.05) is 0 Å². The Kier molecular flexibility index (Phi) is 4.69. The van der Waals surface area contributed by atoms with Crippen molar-refractivity contribution in [2.75, 3.05) is 18.0 Å². The lowest BCUT2D eigenvalue weighted by molar-refractivity contribution is -0.136. The second-order valence-corrected chi connectivity index (χ2v) is 7.70. The molecule has 1 amide bonds. The van der Waals surface area contributed by atoms with Crippen LogP contribution in [0.3, 0.4) is 0 Å². The van der Waals surface area contributed by atoms with E-state index in [0.29, 0.717) is 30.6 Å². The average molecular weight is 393 g/mol. The van der Waals surface area contributed by atoms with Crippen molar-refractivity contribution in [3.8, 4) is 0 Å². The molecular weight excluding hydrogens is 371 g/mol. The van der Waals surface area contributed by atoms with E-state index in [-0.39, 0.29) is 23.4 Å². The van der Waals surface area contributed by atoms with E-state index in [4.69, 9.17) is 0 Å². The number of carbonyl (C=O) groups excluding carboxylic acids is 1. The second-order valence-electron chi connectivity index (χ2n) is 7.70. The van der Waals surface area contributed by atoms with Crippen molar-refractivity contribution >= 4 is 22.5 Å². The number of fused-ring (bicyclic) bond motifs is 1. The monoisotopic (exact) mass is 393 g/mol. The quantitative estimate of drug-likeness (QED) is 0.838. The summed E-state index contributed by atoms with van der Waals surface area (Å²) in [5.41, 5.74) is 0.615. The molecular formula is C20H22F3N3O2. The molecule has 150 valence electrons. The molecule has 1 aliphatic carbocycles. The van der Waals surface area contributed by atoms with Gasteiger partial charge in [-0.2, -0.15) is 13.2 Å². The van der Waals surface area contributed by atoms with Crippen LogP contribution in [0, 0.1) is 12.8 Å². The highest BCUT2D eigenvalue weighted by Gasteiger charge is 2.37. The molecule has 28 heavy (non-hydrogen) atoms. The van der Waals surface area contributed by atoms with E-state index >= 15 is 0 Å². The molecule has 1 aromatic carbocycles. The maximum absolute atomic E-state index is 13.4. The van der Waals surface area contributed by atoms with Gasteiger partial charge in [-0.3, -0.25) is 9.78 Å². The number of nitrogens with one attached hydrogen (secondary N) is 1. The van der Waals surface area contributed by atoms with Gasteiger partial charge in [0.2, 0.25) is 5.91 Å². The molecule has 2 N–H and O–H groups in total. The van der Waals surface area contributed by atoms with Crippen LogP contribution in [-0.4, -0.2) is 41.2 Å². The number of aryl methyl sites for hydroxylation is 1. The summed E-state index contributed by atoms with van der Waals surface area (Å²) in [5, 5.41) is 13.3. The topological polar surface area (TPSA) is 65.5 Å². The Morgan fingerprint density at radius 2 is 2.04 bits per heavy atom. The zero-order valence-corrected chi connectivity index (χ0v) is 15.5. The van der Waals surface area contributed by atoms with Gasteiger partial charge in [0.15, 0.2) is 0 Å². The summed E-state index contributed by atoms with van der Waals surface area (Å²) >= 11 is 0. The Hall–Kier alpha value is -2.35. The molecule has 2 heterocycles. The van der Waals surface area contributed by atoms with Crippen molar-refractivity contribution < 1.29 is 23.1 Å². The van der Waals surface area contributed by atoms with Gasteiger partial charge in [-0.15, -0.1) is 0 Å². The Labute approximate surface area is 160 Å². The van der Waals surface area contributed by atoms with E-state index in [2.05, 4.69) is 10.3 Å².